The fraction of sp³-hybridized carbons (Fsp3) is 1.00. The zero-order valence-corrected chi connectivity index (χ0v) is 12.0. The summed E-state index contributed by atoms with van der Waals surface area (Å²) >= 11 is 0. The Kier molecular flexibility index (Phi) is 2.47. The molecule has 4 nitrogen and oxygen atoms in total. The quantitative estimate of drug-likeness (QED) is 0.732. The molecule has 3 saturated heterocycles. The third-order valence-corrected chi connectivity index (χ3v) is 6.15. The van der Waals surface area contributed by atoms with Gasteiger partial charge in [0.05, 0.1) is 0 Å². The van der Waals surface area contributed by atoms with Crippen LogP contribution in [0, 0.1) is 23.7 Å². The van der Waals surface area contributed by atoms with Crippen molar-refractivity contribution in [1.82, 2.24) is 0 Å². The summed E-state index contributed by atoms with van der Waals surface area (Å²) in [6.45, 7) is 6.43. The molecule has 4 aliphatic rings. The molecule has 4 rings (SSSR count). The Balaban J connectivity index is 1.81. The monoisotopic (exact) mass is 268 g/mol. The van der Waals surface area contributed by atoms with E-state index in [0.717, 1.165) is 19.3 Å². The van der Waals surface area contributed by atoms with Crippen molar-refractivity contribution in [2.45, 2.75) is 70.4 Å². The molecule has 1 spiro atoms. The van der Waals surface area contributed by atoms with Crippen LogP contribution >= 0.6 is 0 Å². The standard InChI is InChI=1S/C15H24O4/c1-8-4-5-11-9(2)12(16)17-13-15(11)10(8)6-7-14(3,18-13)19-15/h8-13,16H,4-7H2,1-3H3/t8-,9-,10+,11-,12?,13-,14-,15-/m1/s1. The highest BCUT2D eigenvalue weighted by atomic mass is 16.9. The largest absolute Gasteiger partial charge is 0.368 e. The molecule has 4 fully saturated rings. The fourth-order valence-corrected chi connectivity index (χ4v) is 5.15. The van der Waals surface area contributed by atoms with Gasteiger partial charge < -0.3 is 19.3 Å². The van der Waals surface area contributed by atoms with E-state index in [1.165, 1.54) is 6.42 Å². The summed E-state index contributed by atoms with van der Waals surface area (Å²) in [5.74, 6) is 1.11. The molecule has 8 atom stereocenters. The van der Waals surface area contributed by atoms with Crippen LogP contribution < -0.4 is 0 Å². The Morgan fingerprint density at radius 2 is 1.89 bits per heavy atom. The third kappa shape index (κ3) is 1.44. The highest BCUT2D eigenvalue weighted by Gasteiger charge is 2.71. The molecule has 108 valence electrons. The first-order chi connectivity index (χ1) is 8.96. The van der Waals surface area contributed by atoms with Gasteiger partial charge in [-0.1, -0.05) is 13.8 Å². The minimum absolute atomic E-state index is 0.121. The van der Waals surface area contributed by atoms with Crippen molar-refractivity contribution in [2.75, 3.05) is 0 Å². The van der Waals surface area contributed by atoms with Crippen molar-refractivity contribution in [3.8, 4) is 0 Å². The summed E-state index contributed by atoms with van der Waals surface area (Å²) in [6, 6.07) is 0. The molecule has 4 heteroatoms. The van der Waals surface area contributed by atoms with Crippen LogP contribution in [-0.2, 0) is 14.2 Å². The molecule has 3 heterocycles. The Morgan fingerprint density at radius 3 is 2.68 bits per heavy atom. The van der Waals surface area contributed by atoms with E-state index < -0.39 is 12.1 Å². The third-order valence-electron chi connectivity index (χ3n) is 6.15. The van der Waals surface area contributed by atoms with Gasteiger partial charge in [-0.25, -0.2) is 0 Å². The summed E-state index contributed by atoms with van der Waals surface area (Å²) in [4.78, 5) is 0. The normalized spacial score (nSPS) is 63.8. The Bertz CT molecular complexity index is 400. The molecule has 0 aromatic rings. The van der Waals surface area contributed by atoms with Gasteiger partial charge in [-0.2, -0.15) is 0 Å². The summed E-state index contributed by atoms with van der Waals surface area (Å²) < 4.78 is 18.3. The molecule has 0 amide bonds. The molecule has 19 heavy (non-hydrogen) atoms. The molecule has 0 aromatic heterocycles. The number of fused-ring (bicyclic) bond motifs is 1. The molecular formula is C15H24O4. The van der Waals surface area contributed by atoms with Crippen molar-refractivity contribution >= 4 is 0 Å². The summed E-state index contributed by atoms with van der Waals surface area (Å²) in [5, 5.41) is 10.1. The van der Waals surface area contributed by atoms with Crippen molar-refractivity contribution < 1.29 is 19.3 Å². The van der Waals surface area contributed by atoms with Crippen molar-refractivity contribution in [2.24, 2.45) is 23.7 Å². The van der Waals surface area contributed by atoms with Crippen molar-refractivity contribution in [3.05, 3.63) is 0 Å². The van der Waals surface area contributed by atoms with Gasteiger partial charge in [0.25, 0.3) is 0 Å². The minimum Gasteiger partial charge on any atom is -0.368 e. The van der Waals surface area contributed by atoms with Gasteiger partial charge in [0.1, 0.15) is 5.60 Å². The molecule has 1 saturated carbocycles. The SMILES string of the molecule is C[C@@H]1CC[C@@H]2[C@@H](C)C(O)O[C@@H]3O[C@@]4(C)CC[C@@H]1[C@]32O4. The van der Waals surface area contributed by atoms with Crippen LogP contribution in [0.25, 0.3) is 0 Å². The topological polar surface area (TPSA) is 47.9 Å². The number of aliphatic hydroxyl groups excluding tert-OH is 1. The average molecular weight is 268 g/mol. The average Bonchev–Trinajstić information content (AvgIpc) is 2.56. The van der Waals surface area contributed by atoms with Crippen LogP contribution in [0.4, 0.5) is 0 Å². The fourth-order valence-electron chi connectivity index (χ4n) is 5.15. The summed E-state index contributed by atoms with van der Waals surface area (Å²) in [7, 11) is 0. The lowest BCUT2D eigenvalue weighted by Crippen LogP contribution is -2.66. The lowest BCUT2D eigenvalue weighted by atomic mass is 9.57. The lowest BCUT2D eigenvalue weighted by Gasteiger charge is -2.57. The van der Waals surface area contributed by atoms with Gasteiger partial charge in [0, 0.05) is 18.3 Å². The molecule has 3 aliphatic heterocycles. The predicted molar refractivity (Wildman–Crippen MR) is 68.0 cm³/mol. The molecular weight excluding hydrogens is 244 g/mol. The second-order valence-electron chi connectivity index (χ2n) is 7.23. The van der Waals surface area contributed by atoms with E-state index >= 15 is 0 Å². The second kappa shape index (κ2) is 3.73. The number of rotatable bonds is 0. The molecule has 0 radical (unpaired) electrons. The lowest BCUT2D eigenvalue weighted by molar-refractivity contribution is -0.326. The van der Waals surface area contributed by atoms with E-state index in [1.807, 2.05) is 6.92 Å². The van der Waals surface area contributed by atoms with Crippen molar-refractivity contribution in [1.29, 1.82) is 0 Å². The maximum Gasteiger partial charge on any atom is 0.193 e. The Hall–Kier alpha value is -0.160. The zero-order valence-electron chi connectivity index (χ0n) is 12.0. The van der Waals surface area contributed by atoms with Gasteiger partial charge in [-0.05, 0) is 38.0 Å². The second-order valence-corrected chi connectivity index (χ2v) is 7.23. The molecule has 2 bridgehead atoms. The summed E-state index contributed by atoms with van der Waals surface area (Å²) in [5.41, 5.74) is -0.316. The minimum atomic E-state index is -0.721. The van der Waals surface area contributed by atoms with E-state index in [0.29, 0.717) is 17.8 Å². The molecule has 1 unspecified atom stereocenters. The van der Waals surface area contributed by atoms with Gasteiger partial charge >= 0.3 is 0 Å². The molecule has 1 aliphatic carbocycles. The van der Waals surface area contributed by atoms with E-state index in [1.54, 1.807) is 0 Å². The van der Waals surface area contributed by atoms with Crippen LogP contribution in [0.15, 0.2) is 0 Å². The number of hydrogen-bond donors (Lipinski definition) is 1. The van der Waals surface area contributed by atoms with Gasteiger partial charge in [0.2, 0.25) is 0 Å². The van der Waals surface area contributed by atoms with E-state index in [-0.39, 0.29) is 17.8 Å². The van der Waals surface area contributed by atoms with E-state index in [2.05, 4.69) is 13.8 Å². The molecule has 1 N–H and O–H groups in total. The number of ether oxygens (including phenoxy) is 3. The van der Waals surface area contributed by atoms with Crippen LogP contribution in [0.5, 0.6) is 0 Å². The highest BCUT2D eigenvalue weighted by Crippen LogP contribution is 2.63. The van der Waals surface area contributed by atoms with Crippen LogP contribution in [0.3, 0.4) is 0 Å². The first-order valence-electron chi connectivity index (χ1n) is 7.68. The van der Waals surface area contributed by atoms with E-state index in [4.69, 9.17) is 14.2 Å². The highest BCUT2D eigenvalue weighted by molar-refractivity contribution is 5.12. The Labute approximate surface area is 114 Å². The van der Waals surface area contributed by atoms with E-state index in [9.17, 15) is 5.11 Å². The van der Waals surface area contributed by atoms with Crippen LogP contribution in [0.2, 0.25) is 0 Å². The number of hydrogen-bond acceptors (Lipinski definition) is 4. The van der Waals surface area contributed by atoms with Gasteiger partial charge in [-0.15, -0.1) is 0 Å². The first kappa shape index (κ1) is 12.6. The van der Waals surface area contributed by atoms with Gasteiger partial charge in [0.15, 0.2) is 18.4 Å². The van der Waals surface area contributed by atoms with Gasteiger partial charge in [-0.3, -0.25) is 0 Å². The summed E-state index contributed by atoms with van der Waals surface area (Å²) in [6.07, 6.45) is 3.30. The number of aliphatic hydroxyl groups is 1. The smallest absolute Gasteiger partial charge is 0.193 e. The zero-order chi connectivity index (χ0) is 13.4. The molecule has 0 aromatic carbocycles. The maximum absolute atomic E-state index is 10.1. The maximum atomic E-state index is 10.1. The Morgan fingerprint density at radius 1 is 1.11 bits per heavy atom. The predicted octanol–water partition coefficient (Wildman–Crippen LogP) is 2.26. The van der Waals surface area contributed by atoms with Crippen molar-refractivity contribution in [3.63, 3.8) is 0 Å². The van der Waals surface area contributed by atoms with Crippen LogP contribution in [0.1, 0.15) is 46.5 Å². The first-order valence-corrected chi connectivity index (χ1v) is 7.68. The van der Waals surface area contributed by atoms with Crippen LogP contribution in [-0.4, -0.2) is 29.1 Å².